The van der Waals surface area contributed by atoms with Gasteiger partial charge in [0.15, 0.2) is 0 Å². The molecule has 0 atom stereocenters. The normalized spacial score (nSPS) is 10.2. The van der Waals surface area contributed by atoms with E-state index < -0.39 is 4.92 Å². The zero-order valence-electron chi connectivity index (χ0n) is 10.9. The fraction of sp³-hybridized carbons (Fsp3) is 0.214. The molecule has 0 spiro atoms. The maximum absolute atomic E-state index is 10.6. The first-order valence-corrected chi connectivity index (χ1v) is 6.22. The Balaban J connectivity index is 1.84. The molecule has 20 heavy (non-hydrogen) atoms. The number of benzene rings is 1. The molecular weight excluding hydrogens is 258 g/mol. The summed E-state index contributed by atoms with van der Waals surface area (Å²) in [6.07, 6.45) is 5.23. The number of rotatable bonds is 6. The van der Waals surface area contributed by atoms with E-state index in [1.807, 2.05) is 12.1 Å². The van der Waals surface area contributed by atoms with Crippen LogP contribution in [-0.2, 0) is 6.42 Å². The molecule has 6 nitrogen and oxygen atoms in total. The summed E-state index contributed by atoms with van der Waals surface area (Å²) in [5.41, 5.74) is 7.15. The average molecular weight is 273 g/mol. The Morgan fingerprint density at radius 1 is 1.25 bits per heavy atom. The molecule has 104 valence electrons. The third kappa shape index (κ3) is 3.68. The quantitative estimate of drug-likeness (QED) is 0.378. The van der Waals surface area contributed by atoms with Crippen LogP contribution in [-0.4, -0.2) is 16.5 Å². The van der Waals surface area contributed by atoms with Gasteiger partial charge in [-0.25, -0.2) is 0 Å². The van der Waals surface area contributed by atoms with Crippen molar-refractivity contribution in [3.63, 3.8) is 0 Å². The molecule has 0 unspecified atom stereocenters. The van der Waals surface area contributed by atoms with Crippen LogP contribution in [0.5, 0.6) is 5.75 Å². The molecule has 0 radical (unpaired) electrons. The third-order valence-electron chi connectivity index (χ3n) is 2.82. The van der Waals surface area contributed by atoms with Crippen molar-refractivity contribution in [2.24, 2.45) is 0 Å². The Labute approximate surface area is 116 Å². The molecule has 0 aliphatic carbocycles. The fourth-order valence-electron chi connectivity index (χ4n) is 1.79. The van der Waals surface area contributed by atoms with Crippen LogP contribution in [0.25, 0.3) is 0 Å². The standard InChI is InChI=1S/C14H15N3O3/c15-13-10-12(17(18)19)3-4-14(13)20-9-1-2-11-5-7-16-8-6-11/h3-8,10H,1-2,9,15H2. The lowest BCUT2D eigenvalue weighted by atomic mass is 10.1. The van der Waals surface area contributed by atoms with Gasteiger partial charge in [0.25, 0.3) is 5.69 Å². The van der Waals surface area contributed by atoms with Gasteiger partial charge in [-0.2, -0.15) is 0 Å². The average Bonchev–Trinajstić information content (AvgIpc) is 2.46. The molecular formula is C14H15N3O3. The lowest BCUT2D eigenvalue weighted by Crippen LogP contribution is -2.02. The smallest absolute Gasteiger partial charge is 0.271 e. The second kappa shape index (κ2) is 6.51. The van der Waals surface area contributed by atoms with Gasteiger partial charge < -0.3 is 10.5 Å². The highest BCUT2D eigenvalue weighted by Gasteiger charge is 2.09. The Morgan fingerprint density at radius 3 is 2.65 bits per heavy atom. The number of anilines is 1. The Kier molecular flexibility index (Phi) is 4.49. The molecule has 1 aromatic heterocycles. The van der Waals surface area contributed by atoms with Gasteiger partial charge in [-0.3, -0.25) is 15.1 Å². The summed E-state index contributed by atoms with van der Waals surface area (Å²) in [5.74, 6) is 0.477. The van der Waals surface area contributed by atoms with Crippen LogP contribution in [0.3, 0.4) is 0 Å². The maximum atomic E-state index is 10.6. The molecule has 2 N–H and O–H groups in total. The molecule has 0 fully saturated rings. The SMILES string of the molecule is Nc1cc([N+](=O)[O-])ccc1OCCCc1ccncc1. The van der Waals surface area contributed by atoms with Gasteiger partial charge in [0, 0.05) is 24.5 Å². The molecule has 0 saturated heterocycles. The van der Waals surface area contributed by atoms with Crippen molar-refractivity contribution in [2.75, 3.05) is 12.3 Å². The second-order valence-electron chi connectivity index (χ2n) is 4.29. The number of nitro benzene ring substituents is 1. The van der Waals surface area contributed by atoms with Crippen LogP contribution in [0.4, 0.5) is 11.4 Å². The summed E-state index contributed by atoms with van der Waals surface area (Å²) in [6.45, 7) is 0.504. The van der Waals surface area contributed by atoms with Crippen molar-refractivity contribution in [3.05, 3.63) is 58.4 Å². The zero-order chi connectivity index (χ0) is 14.4. The number of nitrogens with two attached hydrogens (primary N) is 1. The van der Waals surface area contributed by atoms with E-state index in [0.717, 1.165) is 12.8 Å². The molecule has 2 aromatic rings. The largest absolute Gasteiger partial charge is 0.491 e. The molecule has 0 bridgehead atoms. The van der Waals surface area contributed by atoms with E-state index in [4.69, 9.17) is 10.5 Å². The monoisotopic (exact) mass is 273 g/mol. The Morgan fingerprint density at radius 2 is 2.00 bits per heavy atom. The number of aryl methyl sites for hydroxylation is 1. The zero-order valence-corrected chi connectivity index (χ0v) is 10.9. The Hall–Kier alpha value is -2.63. The van der Waals surface area contributed by atoms with Crippen LogP contribution in [0, 0.1) is 10.1 Å². The third-order valence-corrected chi connectivity index (χ3v) is 2.82. The summed E-state index contributed by atoms with van der Waals surface area (Å²) in [6, 6.07) is 8.13. The van der Waals surface area contributed by atoms with E-state index >= 15 is 0 Å². The lowest BCUT2D eigenvalue weighted by Gasteiger charge is -2.08. The van der Waals surface area contributed by atoms with Crippen LogP contribution in [0.2, 0.25) is 0 Å². The summed E-state index contributed by atoms with van der Waals surface area (Å²) in [7, 11) is 0. The fourth-order valence-corrected chi connectivity index (χ4v) is 1.79. The van der Waals surface area contributed by atoms with E-state index in [-0.39, 0.29) is 11.4 Å². The van der Waals surface area contributed by atoms with Crippen LogP contribution in [0.1, 0.15) is 12.0 Å². The van der Waals surface area contributed by atoms with Crippen molar-refractivity contribution in [2.45, 2.75) is 12.8 Å². The van der Waals surface area contributed by atoms with E-state index in [1.165, 1.54) is 23.8 Å². The van der Waals surface area contributed by atoms with Gasteiger partial charge in [0.05, 0.1) is 17.2 Å². The summed E-state index contributed by atoms with van der Waals surface area (Å²) in [5, 5.41) is 10.6. The topological polar surface area (TPSA) is 91.3 Å². The van der Waals surface area contributed by atoms with E-state index in [9.17, 15) is 10.1 Å². The van der Waals surface area contributed by atoms with Crippen molar-refractivity contribution < 1.29 is 9.66 Å². The minimum Gasteiger partial charge on any atom is -0.491 e. The number of ether oxygens (including phenoxy) is 1. The van der Waals surface area contributed by atoms with E-state index in [0.29, 0.717) is 12.4 Å². The van der Waals surface area contributed by atoms with E-state index in [2.05, 4.69) is 4.98 Å². The van der Waals surface area contributed by atoms with Crippen LogP contribution < -0.4 is 10.5 Å². The minimum absolute atomic E-state index is 0.0355. The summed E-state index contributed by atoms with van der Waals surface area (Å²) in [4.78, 5) is 14.1. The number of nitro groups is 1. The number of pyridine rings is 1. The Bertz CT molecular complexity index is 587. The highest BCUT2D eigenvalue weighted by molar-refractivity contribution is 5.58. The van der Waals surface area contributed by atoms with Gasteiger partial charge >= 0.3 is 0 Å². The highest BCUT2D eigenvalue weighted by Crippen LogP contribution is 2.26. The van der Waals surface area contributed by atoms with Crippen molar-refractivity contribution in [1.82, 2.24) is 4.98 Å². The van der Waals surface area contributed by atoms with Gasteiger partial charge in [-0.05, 0) is 36.6 Å². The van der Waals surface area contributed by atoms with Gasteiger partial charge in [0.1, 0.15) is 5.75 Å². The molecule has 0 aliphatic heterocycles. The minimum atomic E-state index is -0.483. The highest BCUT2D eigenvalue weighted by atomic mass is 16.6. The summed E-state index contributed by atoms with van der Waals surface area (Å²) < 4.78 is 5.53. The van der Waals surface area contributed by atoms with Crippen molar-refractivity contribution in [1.29, 1.82) is 0 Å². The number of non-ortho nitro benzene ring substituents is 1. The number of aromatic nitrogens is 1. The molecule has 2 rings (SSSR count). The summed E-state index contributed by atoms with van der Waals surface area (Å²) >= 11 is 0. The van der Waals surface area contributed by atoms with Crippen molar-refractivity contribution in [3.8, 4) is 5.75 Å². The molecule has 0 amide bonds. The first kappa shape index (κ1) is 13.8. The predicted molar refractivity (Wildman–Crippen MR) is 75.6 cm³/mol. The number of nitrogens with zero attached hydrogens (tertiary/aromatic N) is 2. The van der Waals surface area contributed by atoms with Gasteiger partial charge in [-0.15, -0.1) is 0 Å². The van der Waals surface area contributed by atoms with Crippen molar-refractivity contribution >= 4 is 11.4 Å². The number of hydrogen-bond acceptors (Lipinski definition) is 5. The first-order valence-electron chi connectivity index (χ1n) is 6.22. The van der Waals surface area contributed by atoms with Gasteiger partial charge in [-0.1, -0.05) is 0 Å². The molecule has 6 heteroatoms. The molecule has 0 aliphatic rings. The van der Waals surface area contributed by atoms with Crippen LogP contribution >= 0.6 is 0 Å². The maximum Gasteiger partial charge on any atom is 0.271 e. The first-order chi connectivity index (χ1) is 9.66. The van der Waals surface area contributed by atoms with Gasteiger partial charge in [0.2, 0.25) is 0 Å². The lowest BCUT2D eigenvalue weighted by molar-refractivity contribution is -0.384. The molecule has 1 aromatic carbocycles. The molecule has 0 saturated carbocycles. The molecule has 1 heterocycles. The number of hydrogen-bond donors (Lipinski definition) is 1. The second-order valence-corrected chi connectivity index (χ2v) is 4.29. The predicted octanol–water partition coefficient (Wildman–Crippen LogP) is 2.58. The number of nitrogen functional groups attached to an aromatic ring is 1. The van der Waals surface area contributed by atoms with Crippen LogP contribution in [0.15, 0.2) is 42.7 Å². The van der Waals surface area contributed by atoms with E-state index in [1.54, 1.807) is 12.4 Å².